The van der Waals surface area contributed by atoms with Crippen molar-refractivity contribution in [3.05, 3.63) is 0 Å². The van der Waals surface area contributed by atoms with Gasteiger partial charge in [-0.2, -0.15) is 8.42 Å². The normalized spacial score (nSPS) is 29.4. The molecule has 0 bridgehead atoms. The standard InChI is InChI=1S/C14H21NO15S/c1-5(18)15-9-12(10(20)7(28-14(9)23)4-27-31(24,25)26)30-8(3-17)29-11(13(21)22)6(19)2-16/h2-3,6-12,14,19-20,23H,4H2,1H3,(H,15,18)(H,21,22)(H,24,25,26). The number of rotatable bonds is 12. The van der Waals surface area contributed by atoms with Crippen molar-refractivity contribution < 1.29 is 71.0 Å². The highest BCUT2D eigenvalue weighted by atomic mass is 32.3. The summed E-state index contributed by atoms with van der Waals surface area (Å²) in [4.78, 5) is 44.4. The molecule has 0 aromatic heterocycles. The van der Waals surface area contributed by atoms with Gasteiger partial charge in [0.15, 0.2) is 25.0 Å². The van der Waals surface area contributed by atoms with Crippen LogP contribution in [0.3, 0.4) is 0 Å². The van der Waals surface area contributed by atoms with Crippen molar-refractivity contribution in [3.8, 4) is 0 Å². The molecule has 178 valence electrons. The van der Waals surface area contributed by atoms with Crippen LogP contribution in [-0.4, -0.2) is 114 Å². The molecule has 1 aliphatic rings. The van der Waals surface area contributed by atoms with E-state index >= 15 is 0 Å². The van der Waals surface area contributed by atoms with E-state index in [9.17, 15) is 42.9 Å². The fraction of sp³-hybridized carbons (Fsp3) is 0.714. The summed E-state index contributed by atoms with van der Waals surface area (Å²) in [6.07, 6.45) is -14.3. The van der Waals surface area contributed by atoms with E-state index in [1.165, 1.54) is 0 Å². The largest absolute Gasteiger partial charge is 0.479 e. The summed E-state index contributed by atoms with van der Waals surface area (Å²) < 4.78 is 48.9. The number of aliphatic hydroxyl groups is 3. The highest BCUT2D eigenvalue weighted by Crippen LogP contribution is 2.25. The number of aldehydes is 2. The van der Waals surface area contributed by atoms with Gasteiger partial charge in [-0.05, 0) is 0 Å². The average Bonchev–Trinajstić information content (AvgIpc) is 2.66. The Morgan fingerprint density at radius 3 is 2.29 bits per heavy atom. The SMILES string of the molecule is CC(=O)NC1C(O)OC(COS(=O)(=O)O)C(O)C1OC(C=O)OC(C(=O)O)C(O)C=O. The van der Waals surface area contributed by atoms with Gasteiger partial charge in [0.1, 0.15) is 30.5 Å². The maximum atomic E-state index is 11.4. The van der Waals surface area contributed by atoms with Crippen LogP contribution in [0.25, 0.3) is 0 Å². The first-order chi connectivity index (χ1) is 14.3. The molecule has 0 radical (unpaired) electrons. The number of carbonyl (C=O) groups is 4. The van der Waals surface area contributed by atoms with E-state index < -0.39 is 78.0 Å². The minimum atomic E-state index is -4.97. The number of ether oxygens (including phenoxy) is 3. The molecule has 1 heterocycles. The number of carboxylic acids is 1. The second-order valence-corrected chi connectivity index (χ2v) is 7.21. The topological polar surface area (TPSA) is 253 Å². The van der Waals surface area contributed by atoms with Crippen LogP contribution in [0.1, 0.15) is 6.92 Å². The monoisotopic (exact) mass is 475 g/mol. The van der Waals surface area contributed by atoms with Crippen molar-refractivity contribution in [1.29, 1.82) is 0 Å². The second-order valence-electron chi connectivity index (χ2n) is 6.12. The minimum Gasteiger partial charge on any atom is -0.479 e. The number of carbonyl (C=O) groups excluding carboxylic acids is 3. The van der Waals surface area contributed by atoms with Gasteiger partial charge in [0, 0.05) is 6.92 Å². The van der Waals surface area contributed by atoms with Gasteiger partial charge in [0.2, 0.25) is 12.2 Å². The molecular weight excluding hydrogens is 454 g/mol. The number of aliphatic carboxylic acids is 1. The Morgan fingerprint density at radius 2 is 1.84 bits per heavy atom. The van der Waals surface area contributed by atoms with Gasteiger partial charge in [-0.15, -0.1) is 0 Å². The maximum absolute atomic E-state index is 11.4. The van der Waals surface area contributed by atoms with Crippen LogP contribution in [0.5, 0.6) is 0 Å². The molecule has 1 fully saturated rings. The highest BCUT2D eigenvalue weighted by Gasteiger charge is 2.48. The van der Waals surface area contributed by atoms with Crippen molar-refractivity contribution in [2.45, 2.75) is 56.1 Å². The van der Waals surface area contributed by atoms with Crippen molar-refractivity contribution in [2.75, 3.05) is 6.61 Å². The molecule has 0 spiro atoms. The second kappa shape index (κ2) is 11.5. The lowest BCUT2D eigenvalue weighted by atomic mass is 9.96. The number of carboxylic acid groups (broad SMARTS) is 1. The summed E-state index contributed by atoms with van der Waals surface area (Å²) in [5.41, 5.74) is 0. The summed E-state index contributed by atoms with van der Waals surface area (Å²) >= 11 is 0. The number of amides is 1. The zero-order valence-electron chi connectivity index (χ0n) is 15.7. The first kappa shape index (κ1) is 26.9. The Balaban J connectivity index is 3.12. The lowest BCUT2D eigenvalue weighted by Gasteiger charge is -2.43. The molecule has 0 saturated carbocycles. The molecule has 8 atom stereocenters. The van der Waals surface area contributed by atoms with E-state index in [2.05, 4.69) is 9.50 Å². The van der Waals surface area contributed by atoms with Gasteiger partial charge in [-0.3, -0.25) is 14.1 Å². The average molecular weight is 475 g/mol. The third-order valence-corrected chi connectivity index (χ3v) is 4.25. The molecule has 1 amide bonds. The molecule has 0 aromatic carbocycles. The van der Waals surface area contributed by atoms with Gasteiger partial charge >= 0.3 is 16.4 Å². The molecule has 0 aromatic rings. The molecule has 6 N–H and O–H groups in total. The van der Waals surface area contributed by atoms with Crippen LogP contribution < -0.4 is 5.32 Å². The Hall–Kier alpha value is -2.09. The minimum absolute atomic E-state index is 0.115. The smallest absolute Gasteiger partial charge is 0.397 e. The van der Waals surface area contributed by atoms with Crippen LogP contribution in [0, 0.1) is 0 Å². The zero-order chi connectivity index (χ0) is 23.9. The molecule has 16 nitrogen and oxygen atoms in total. The molecule has 31 heavy (non-hydrogen) atoms. The molecule has 1 rings (SSSR count). The molecule has 0 aliphatic carbocycles. The van der Waals surface area contributed by atoms with Gasteiger partial charge in [0.25, 0.3) is 0 Å². The fourth-order valence-corrected chi connectivity index (χ4v) is 2.83. The van der Waals surface area contributed by atoms with Crippen molar-refractivity contribution >= 4 is 34.8 Å². The molecule has 8 unspecified atom stereocenters. The van der Waals surface area contributed by atoms with E-state index in [1.54, 1.807) is 0 Å². The third-order valence-electron chi connectivity index (χ3n) is 3.82. The predicted molar refractivity (Wildman–Crippen MR) is 91.3 cm³/mol. The van der Waals surface area contributed by atoms with Crippen LogP contribution in [0.2, 0.25) is 0 Å². The maximum Gasteiger partial charge on any atom is 0.397 e. The predicted octanol–water partition coefficient (Wildman–Crippen LogP) is -4.67. The summed E-state index contributed by atoms with van der Waals surface area (Å²) in [5, 5.41) is 41.0. The van der Waals surface area contributed by atoms with E-state index in [4.69, 9.17) is 23.9 Å². The van der Waals surface area contributed by atoms with Crippen LogP contribution in [0.15, 0.2) is 0 Å². The molecule has 17 heteroatoms. The highest BCUT2D eigenvalue weighted by molar-refractivity contribution is 7.80. The van der Waals surface area contributed by atoms with Crippen molar-refractivity contribution in [1.82, 2.24) is 5.32 Å². The van der Waals surface area contributed by atoms with Crippen molar-refractivity contribution in [2.24, 2.45) is 0 Å². The van der Waals surface area contributed by atoms with E-state index in [0.717, 1.165) is 6.92 Å². The first-order valence-corrected chi connectivity index (χ1v) is 9.70. The molecule has 1 aliphatic heterocycles. The third kappa shape index (κ3) is 8.16. The van der Waals surface area contributed by atoms with Crippen LogP contribution in [0.4, 0.5) is 0 Å². The molecular formula is C14H21NO15S. The summed E-state index contributed by atoms with van der Waals surface area (Å²) in [6, 6.07) is -1.58. The summed E-state index contributed by atoms with van der Waals surface area (Å²) in [6.45, 7) is -0.0176. The lowest BCUT2D eigenvalue weighted by molar-refractivity contribution is -0.287. The van der Waals surface area contributed by atoms with E-state index in [-0.39, 0.29) is 12.6 Å². The Labute approximate surface area is 174 Å². The van der Waals surface area contributed by atoms with Gasteiger partial charge < -0.3 is 44.7 Å². The first-order valence-electron chi connectivity index (χ1n) is 8.33. The number of aliphatic hydroxyl groups excluding tert-OH is 3. The molecule has 1 saturated heterocycles. The van der Waals surface area contributed by atoms with Crippen LogP contribution in [-0.2, 0) is 48.0 Å². The Morgan fingerprint density at radius 1 is 1.23 bits per heavy atom. The van der Waals surface area contributed by atoms with Crippen LogP contribution >= 0.6 is 0 Å². The fourth-order valence-electron chi connectivity index (χ4n) is 2.53. The number of hydrogen-bond acceptors (Lipinski definition) is 13. The summed E-state index contributed by atoms with van der Waals surface area (Å²) in [5.74, 6) is -2.61. The van der Waals surface area contributed by atoms with Gasteiger partial charge in [0.05, 0.1) is 6.61 Å². The van der Waals surface area contributed by atoms with E-state index in [0.29, 0.717) is 0 Å². The lowest BCUT2D eigenvalue weighted by Crippen LogP contribution is -2.65. The Kier molecular flexibility index (Phi) is 10.0. The zero-order valence-corrected chi connectivity index (χ0v) is 16.5. The van der Waals surface area contributed by atoms with Crippen molar-refractivity contribution in [3.63, 3.8) is 0 Å². The Bertz CT molecular complexity index is 757. The number of nitrogens with one attached hydrogen (secondary N) is 1. The number of hydrogen-bond donors (Lipinski definition) is 6. The van der Waals surface area contributed by atoms with Gasteiger partial charge in [-0.25, -0.2) is 8.98 Å². The quantitative estimate of drug-likeness (QED) is 0.0881. The van der Waals surface area contributed by atoms with Gasteiger partial charge in [-0.1, -0.05) is 0 Å². The van der Waals surface area contributed by atoms with E-state index in [1.807, 2.05) is 0 Å². The summed E-state index contributed by atoms with van der Waals surface area (Å²) in [7, 11) is -4.97.